The van der Waals surface area contributed by atoms with Crippen LogP contribution >= 0.6 is 15.9 Å². The Labute approximate surface area is 188 Å². The molecule has 160 valence electrons. The minimum atomic E-state index is -0.721. The Bertz CT molecular complexity index is 1340. The number of carbonyl (C=O) groups excluding carboxylic acids is 4. The summed E-state index contributed by atoms with van der Waals surface area (Å²) in [5.74, 6) is -2.64. The summed E-state index contributed by atoms with van der Waals surface area (Å²) in [4.78, 5) is 60.6. The number of nitrogens with two attached hydrogens (primary N) is 1. The van der Waals surface area contributed by atoms with Gasteiger partial charge in [-0.15, -0.1) is 0 Å². The smallest absolute Gasteiger partial charge is 0.338 e. The van der Waals surface area contributed by atoms with Gasteiger partial charge in [-0.3, -0.25) is 29.1 Å². The molecule has 9 nitrogen and oxygen atoms in total. The van der Waals surface area contributed by atoms with Crippen molar-refractivity contribution in [3.63, 3.8) is 0 Å². The van der Waals surface area contributed by atoms with Crippen molar-refractivity contribution in [3.05, 3.63) is 91.7 Å². The van der Waals surface area contributed by atoms with Gasteiger partial charge in [-0.1, -0.05) is 28.1 Å². The van der Waals surface area contributed by atoms with E-state index in [0.29, 0.717) is 5.56 Å². The maximum atomic E-state index is 12.5. The van der Waals surface area contributed by atoms with Gasteiger partial charge in [-0.25, -0.2) is 4.79 Å². The quantitative estimate of drug-likeness (QED) is 0.314. The van der Waals surface area contributed by atoms with Crippen molar-refractivity contribution in [2.24, 2.45) is 0 Å². The maximum Gasteiger partial charge on any atom is 0.338 e. The first-order valence-electron chi connectivity index (χ1n) is 9.24. The van der Waals surface area contributed by atoms with Crippen molar-refractivity contribution >= 4 is 45.3 Å². The van der Waals surface area contributed by atoms with E-state index in [2.05, 4.69) is 21.2 Å². The number of fused-ring (bicyclic) bond motifs is 1. The molecule has 0 spiro atoms. The van der Waals surface area contributed by atoms with Gasteiger partial charge in [-0.05, 0) is 36.4 Å². The number of nitrogens with zero attached hydrogens (tertiary/aromatic N) is 1. The molecule has 4 rings (SSSR count). The van der Waals surface area contributed by atoms with Crippen LogP contribution in [0, 0.1) is 0 Å². The molecule has 1 aromatic heterocycles. The molecule has 2 amide bonds. The second-order valence-corrected chi connectivity index (χ2v) is 7.74. The van der Waals surface area contributed by atoms with Crippen LogP contribution in [-0.4, -0.2) is 34.7 Å². The van der Waals surface area contributed by atoms with Crippen LogP contribution in [-0.2, 0) is 4.74 Å². The number of hydrogen-bond donors (Lipinski definition) is 2. The molecule has 3 N–H and O–H groups in total. The first-order valence-corrected chi connectivity index (χ1v) is 10.0. The molecule has 2 aromatic carbocycles. The van der Waals surface area contributed by atoms with Crippen LogP contribution in [0.5, 0.6) is 0 Å². The minimum Gasteiger partial charge on any atom is -0.454 e. The van der Waals surface area contributed by atoms with E-state index in [4.69, 9.17) is 10.5 Å². The van der Waals surface area contributed by atoms with Crippen LogP contribution in [0.3, 0.4) is 0 Å². The lowest BCUT2D eigenvalue weighted by atomic mass is 10.1. The Morgan fingerprint density at radius 1 is 0.938 bits per heavy atom. The number of esters is 1. The van der Waals surface area contributed by atoms with Crippen LogP contribution in [0.2, 0.25) is 0 Å². The molecule has 0 unspecified atom stereocenters. The van der Waals surface area contributed by atoms with Gasteiger partial charge in [0.05, 0.1) is 22.4 Å². The predicted molar refractivity (Wildman–Crippen MR) is 117 cm³/mol. The Kier molecular flexibility index (Phi) is 5.45. The molecule has 0 saturated carbocycles. The number of pyridine rings is 1. The second-order valence-electron chi connectivity index (χ2n) is 6.83. The molecule has 1 aliphatic heterocycles. The van der Waals surface area contributed by atoms with Gasteiger partial charge in [0.25, 0.3) is 17.4 Å². The van der Waals surface area contributed by atoms with E-state index >= 15 is 0 Å². The van der Waals surface area contributed by atoms with Crippen molar-refractivity contribution < 1.29 is 23.9 Å². The summed E-state index contributed by atoms with van der Waals surface area (Å²) in [5.41, 5.74) is 6.05. The predicted octanol–water partition coefficient (Wildman–Crippen LogP) is 2.11. The molecule has 1 aliphatic rings. The molecule has 0 radical (unpaired) electrons. The van der Waals surface area contributed by atoms with Gasteiger partial charge >= 0.3 is 5.97 Å². The van der Waals surface area contributed by atoms with Gasteiger partial charge in [0.2, 0.25) is 0 Å². The first kappa shape index (κ1) is 21.2. The zero-order valence-electron chi connectivity index (χ0n) is 16.3. The highest BCUT2D eigenvalue weighted by molar-refractivity contribution is 9.10. The molecular formula is C22H14BrN3O6. The van der Waals surface area contributed by atoms with Gasteiger partial charge in [0.15, 0.2) is 12.4 Å². The average molecular weight is 496 g/mol. The summed E-state index contributed by atoms with van der Waals surface area (Å²) in [6, 6.07) is 13.3. The number of Topliss-reactive ketones (excluding diaryl/α,β-unsaturated/α-hetero) is 1. The Balaban J connectivity index is 1.52. The number of hydrogen-bond acceptors (Lipinski definition) is 7. The fraction of sp³-hybridized carbons (Fsp3) is 0.0455. The van der Waals surface area contributed by atoms with Gasteiger partial charge in [0.1, 0.15) is 5.82 Å². The fourth-order valence-corrected chi connectivity index (χ4v) is 3.49. The summed E-state index contributed by atoms with van der Waals surface area (Å²) in [5, 5.41) is 2.09. The number of ether oxygens (including phenoxy) is 1. The molecular weight excluding hydrogens is 482 g/mol. The van der Waals surface area contributed by atoms with E-state index in [9.17, 15) is 24.0 Å². The van der Waals surface area contributed by atoms with E-state index in [0.717, 1.165) is 15.1 Å². The van der Waals surface area contributed by atoms with Gasteiger partial charge in [-0.2, -0.15) is 0 Å². The topological polar surface area (TPSA) is 138 Å². The highest BCUT2D eigenvalue weighted by Crippen LogP contribution is 2.23. The van der Waals surface area contributed by atoms with Crippen molar-refractivity contribution in [1.82, 2.24) is 9.88 Å². The maximum absolute atomic E-state index is 12.5. The van der Waals surface area contributed by atoms with E-state index in [1.165, 1.54) is 24.3 Å². The van der Waals surface area contributed by atoms with Crippen LogP contribution in [0.15, 0.2) is 63.9 Å². The zero-order chi connectivity index (χ0) is 23.0. The first-order chi connectivity index (χ1) is 15.3. The third-order valence-corrected chi connectivity index (χ3v) is 5.34. The van der Waals surface area contributed by atoms with Crippen LogP contribution < -0.4 is 16.6 Å². The SMILES string of the molecule is Nc1c2c(cc(=O)n1-c1ccc(C(=O)OCC(=O)c3ccc(Br)cc3)cc1)C(=O)NC2=O. The Hall–Kier alpha value is -4.05. The van der Waals surface area contributed by atoms with E-state index in [1.807, 2.05) is 0 Å². The third-order valence-electron chi connectivity index (χ3n) is 4.82. The van der Waals surface area contributed by atoms with E-state index < -0.39 is 29.9 Å². The van der Waals surface area contributed by atoms with Crippen molar-refractivity contribution in [2.75, 3.05) is 12.3 Å². The molecule has 3 aromatic rings. The summed E-state index contributed by atoms with van der Waals surface area (Å²) < 4.78 is 6.95. The minimum absolute atomic E-state index is 0.0791. The van der Waals surface area contributed by atoms with Crippen molar-refractivity contribution in [1.29, 1.82) is 0 Å². The number of anilines is 1. The van der Waals surface area contributed by atoms with Gasteiger partial charge < -0.3 is 10.5 Å². The molecule has 10 heteroatoms. The van der Waals surface area contributed by atoms with Crippen molar-refractivity contribution in [3.8, 4) is 5.69 Å². The number of ketones is 1. The number of amides is 2. The Morgan fingerprint density at radius 3 is 2.22 bits per heavy atom. The molecule has 32 heavy (non-hydrogen) atoms. The number of nitrogens with one attached hydrogen (secondary N) is 1. The number of halogens is 1. The monoisotopic (exact) mass is 495 g/mol. The zero-order valence-corrected chi connectivity index (χ0v) is 17.8. The van der Waals surface area contributed by atoms with Crippen LogP contribution in [0.4, 0.5) is 5.82 Å². The molecule has 0 atom stereocenters. The molecule has 2 heterocycles. The number of benzene rings is 2. The Morgan fingerprint density at radius 2 is 1.56 bits per heavy atom. The molecule has 0 saturated heterocycles. The van der Waals surface area contributed by atoms with E-state index in [-0.39, 0.29) is 34.0 Å². The molecule has 0 aliphatic carbocycles. The van der Waals surface area contributed by atoms with Crippen LogP contribution in [0.1, 0.15) is 41.4 Å². The second kappa shape index (κ2) is 8.23. The summed E-state index contributed by atoms with van der Waals surface area (Å²) in [7, 11) is 0. The number of imide groups is 1. The largest absolute Gasteiger partial charge is 0.454 e. The van der Waals surface area contributed by atoms with Gasteiger partial charge in [0, 0.05) is 16.1 Å². The summed E-state index contributed by atoms with van der Waals surface area (Å²) >= 11 is 3.28. The third kappa shape index (κ3) is 3.83. The number of rotatable bonds is 5. The highest BCUT2D eigenvalue weighted by atomic mass is 79.9. The molecule has 0 bridgehead atoms. The average Bonchev–Trinajstić information content (AvgIpc) is 3.06. The number of carbonyl (C=O) groups is 4. The van der Waals surface area contributed by atoms with E-state index in [1.54, 1.807) is 24.3 Å². The van der Waals surface area contributed by atoms with Crippen LogP contribution in [0.25, 0.3) is 5.69 Å². The summed E-state index contributed by atoms with van der Waals surface area (Å²) in [6.45, 7) is -0.428. The highest BCUT2D eigenvalue weighted by Gasteiger charge is 2.31. The van der Waals surface area contributed by atoms with Crippen molar-refractivity contribution in [2.45, 2.75) is 0 Å². The normalized spacial score (nSPS) is 12.3. The lowest BCUT2D eigenvalue weighted by Crippen LogP contribution is -2.24. The number of aromatic nitrogens is 1. The standard InChI is InChI=1S/C22H14BrN3O6/c23-13-5-1-11(2-6-13)16(27)10-32-22(31)12-3-7-14(8-4-12)26-17(28)9-15-18(19(26)24)21(30)25-20(15)29/h1-9H,10,24H2,(H,25,29,30). The molecule has 0 fully saturated rings. The lowest BCUT2D eigenvalue weighted by Gasteiger charge is -2.12. The lowest BCUT2D eigenvalue weighted by molar-refractivity contribution is 0.0474. The summed E-state index contributed by atoms with van der Waals surface area (Å²) in [6.07, 6.45) is 0. The number of nitrogen functional groups attached to an aromatic ring is 1. The fourth-order valence-electron chi connectivity index (χ4n) is 3.23.